The smallest absolute Gasteiger partial charge is 0.341 e. The van der Waals surface area contributed by atoms with Crippen molar-refractivity contribution in [1.82, 2.24) is 0 Å². The summed E-state index contributed by atoms with van der Waals surface area (Å²) in [5, 5.41) is 12.7. The molecule has 28 heavy (non-hydrogen) atoms. The Balaban J connectivity index is 1.89. The molecule has 1 amide bonds. The second-order valence-electron chi connectivity index (χ2n) is 7.28. The lowest BCUT2D eigenvalue weighted by Crippen LogP contribution is -2.20. The molecule has 6 heteroatoms. The molecule has 0 aliphatic carbocycles. The molecule has 2 N–H and O–H groups in total. The van der Waals surface area contributed by atoms with Crippen molar-refractivity contribution >= 4 is 17.6 Å². The van der Waals surface area contributed by atoms with E-state index in [0.717, 1.165) is 0 Å². The molecule has 2 rings (SSSR count). The molecule has 0 saturated carbocycles. The molecule has 2 aromatic carbocycles. The fourth-order valence-corrected chi connectivity index (χ4v) is 2.40. The minimum atomic E-state index is -0.600. The average Bonchev–Trinajstić information content (AvgIpc) is 2.65. The fraction of sp³-hybridized carbons (Fsp3) is 0.364. The predicted octanol–water partition coefficient (Wildman–Crippen LogP) is 4.35. The third-order valence-corrected chi connectivity index (χ3v) is 3.97. The van der Waals surface area contributed by atoms with E-state index in [4.69, 9.17) is 9.47 Å². The minimum Gasteiger partial charge on any atom is -0.507 e. The number of rotatable bonds is 8. The predicted molar refractivity (Wildman–Crippen MR) is 108 cm³/mol. The lowest BCUT2D eigenvalue weighted by Gasteiger charge is -2.11. The van der Waals surface area contributed by atoms with Crippen molar-refractivity contribution in [3.8, 4) is 11.5 Å². The van der Waals surface area contributed by atoms with E-state index < -0.39 is 5.97 Å². The molecule has 150 valence electrons. The van der Waals surface area contributed by atoms with Crippen molar-refractivity contribution in [2.75, 3.05) is 18.5 Å². The van der Waals surface area contributed by atoms with Crippen LogP contribution < -0.4 is 10.1 Å². The molecule has 0 saturated heterocycles. The summed E-state index contributed by atoms with van der Waals surface area (Å²) in [5.74, 6) is 0.00370. The number of carbonyl (C=O) groups is 2. The van der Waals surface area contributed by atoms with Gasteiger partial charge in [0.25, 0.3) is 5.91 Å². The highest BCUT2D eigenvalue weighted by molar-refractivity contribution is 5.95. The molecule has 0 aliphatic rings. The van der Waals surface area contributed by atoms with E-state index in [1.54, 1.807) is 0 Å². The van der Waals surface area contributed by atoms with Gasteiger partial charge in [0.05, 0.1) is 6.61 Å². The first-order valence-electron chi connectivity index (χ1n) is 9.29. The van der Waals surface area contributed by atoms with Gasteiger partial charge in [-0.15, -0.1) is 0 Å². The number of nitrogens with one attached hydrogen (secondary N) is 1. The number of phenols is 1. The molecule has 0 unspecified atom stereocenters. The average molecular weight is 385 g/mol. The zero-order valence-corrected chi connectivity index (χ0v) is 16.7. The van der Waals surface area contributed by atoms with Gasteiger partial charge in [-0.2, -0.15) is 0 Å². The van der Waals surface area contributed by atoms with Gasteiger partial charge in [-0.25, -0.2) is 4.79 Å². The summed E-state index contributed by atoms with van der Waals surface area (Å²) >= 11 is 0. The molecule has 2 aromatic rings. The van der Waals surface area contributed by atoms with Crippen molar-refractivity contribution in [3.05, 3.63) is 53.6 Å². The van der Waals surface area contributed by atoms with Crippen LogP contribution >= 0.6 is 0 Å². The van der Waals surface area contributed by atoms with E-state index in [9.17, 15) is 14.7 Å². The quantitative estimate of drug-likeness (QED) is 0.660. The Hall–Kier alpha value is -3.02. The molecule has 0 radical (unpaired) electrons. The number of carbonyl (C=O) groups excluding carboxylic acids is 2. The number of amides is 1. The van der Waals surface area contributed by atoms with Gasteiger partial charge in [0, 0.05) is 11.8 Å². The number of benzene rings is 2. The Morgan fingerprint density at radius 3 is 2.29 bits per heavy atom. The van der Waals surface area contributed by atoms with Crippen LogP contribution in [0, 0.1) is 5.92 Å². The van der Waals surface area contributed by atoms with Gasteiger partial charge in [-0.05, 0) is 41.7 Å². The van der Waals surface area contributed by atoms with Crippen molar-refractivity contribution in [1.29, 1.82) is 0 Å². The number of esters is 1. The second kappa shape index (κ2) is 9.78. The van der Waals surface area contributed by atoms with Crippen LogP contribution in [0.15, 0.2) is 42.5 Å². The molecule has 0 heterocycles. The Kier molecular flexibility index (Phi) is 7.44. The Morgan fingerprint density at radius 1 is 1.04 bits per heavy atom. The van der Waals surface area contributed by atoms with Crippen LogP contribution in [0.5, 0.6) is 11.5 Å². The monoisotopic (exact) mass is 385 g/mol. The zero-order valence-electron chi connectivity index (χ0n) is 16.7. The number of ether oxygens (including phenoxy) is 2. The van der Waals surface area contributed by atoms with Crippen LogP contribution in [0.4, 0.5) is 5.69 Å². The molecule has 0 bridgehead atoms. The Morgan fingerprint density at radius 2 is 1.71 bits per heavy atom. The zero-order chi connectivity index (χ0) is 20.7. The summed E-state index contributed by atoms with van der Waals surface area (Å²) in [6.45, 7) is 8.16. The maximum Gasteiger partial charge on any atom is 0.341 e. The van der Waals surface area contributed by atoms with Gasteiger partial charge in [-0.3, -0.25) is 4.79 Å². The SMILES string of the molecule is CC(C)COC(=O)c1ccc(NC(=O)COc2ccc(C(C)C)cc2)cc1O. The van der Waals surface area contributed by atoms with E-state index in [-0.39, 0.29) is 36.4 Å². The van der Waals surface area contributed by atoms with Gasteiger partial charge in [0.2, 0.25) is 0 Å². The van der Waals surface area contributed by atoms with E-state index in [1.165, 1.54) is 23.8 Å². The highest BCUT2D eigenvalue weighted by Gasteiger charge is 2.14. The summed E-state index contributed by atoms with van der Waals surface area (Å²) in [5.41, 5.74) is 1.61. The van der Waals surface area contributed by atoms with Crippen LogP contribution in [0.3, 0.4) is 0 Å². The largest absolute Gasteiger partial charge is 0.507 e. The number of aromatic hydroxyl groups is 1. The number of hydrogen-bond acceptors (Lipinski definition) is 5. The van der Waals surface area contributed by atoms with Crippen molar-refractivity contribution in [3.63, 3.8) is 0 Å². The van der Waals surface area contributed by atoms with Gasteiger partial charge in [-0.1, -0.05) is 39.8 Å². The second-order valence-corrected chi connectivity index (χ2v) is 7.28. The van der Waals surface area contributed by atoms with Crippen LogP contribution in [0.2, 0.25) is 0 Å². The first kappa shape index (κ1) is 21.3. The molecule has 0 spiro atoms. The first-order valence-corrected chi connectivity index (χ1v) is 9.29. The Labute approximate surface area is 165 Å². The molecule has 0 aromatic heterocycles. The third-order valence-electron chi connectivity index (χ3n) is 3.97. The lowest BCUT2D eigenvalue weighted by atomic mass is 10.0. The fourth-order valence-electron chi connectivity index (χ4n) is 2.40. The topological polar surface area (TPSA) is 84.9 Å². The summed E-state index contributed by atoms with van der Waals surface area (Å²) in [6.07, 6.45) is 0. The molecular formula is C22H27NO5. The van der Waals surface area contributed by atoms with Crippen molar-refractivity contribution in [2.45, 2.75) is 33.6 Å². The van der Waals surface area contributed by atoms with E-state index in [2.05, 4.69) is 19.2 Å². The van der Waals surface area contributed by atoms with Crippen molar-refractivity contribution < 1.29 is 24.2 Å². The minimum absolute atomic E-state index is 0.0557. The van der Waals surface area contributed by atoms with Crippen LogP contribution in [0.25, 0.3) is 0 Å². The third kappa shape index (κ3) is 6.30. The normalized spacial score (nSPS) is 10.8. The van der Waals surface area contributed by atoms with E-state index >= 15 is 0 Å². The van der Waals surface area contributed by atoms with Gasteiger partial charge in [0.15, 0.2) is 6.61 Å². The van der Waals surface area contributed by atoms with E-state index in [0.29, 0.717) is 17.4 Å². The van der Waals surface area contributed by atoms with Crippen molar-refractivity contribution in [2.24, 2.45) is 5.92 Å². The highest BCUT2D eigenvalue weighted by Crippen LogP contribution is 2.23. The summed E-state index contributed by atoms with van der Waals surface area (Å²) in [6, 6.07) is 11.8. The van der Waals surface area contributed by atoms with E-state index in [1.807, 2.05) is 38.1 Å². The first-order chi connectivity index (χ1) is 13.3. The standard InChI is InChI=1S/C22H27NO5/c1-14(2)12-28-22(26)19-10-7-17(11-20(19)24)23-21(25)13-27-18-8-5-16(6-9-18)15(3)4/h5-11,14-15,24H,12-13H2,1-4H3,(H,23,25). The van der Waals surface area contributed by atoms with Gasteiger partial charge in [0.1, 0.15) is 17.1 Å². The van der Waals surface area contributed by atoms with Gasteiger partial charge < -0.3 is 19.9 Å². The molecule has 0 aliphatic heterocycles. The Bertz CT molecular complexity index is 812. The molecule has 0 fully saturated rings. The molecule has 6 nitrogen and oxygen atoms in total. The molecule has 0 atom stereocenters. The lowest BCUT2D eigenvalue weighted by molar-refractivity contribution is -0.118. The van der Waals surface area contributed by atoms with Crippen LogP contribution in [-0.2, 0) is 9.53 Å². The maximum atomic E-state index is 12.1. The molecular weight excluding hydrogens is 358 g/mol. The highest BCUT2D eigenvalue weighted by atomic mass is 16.5. The maximum absolute atomic E-state index is 12.1. The number of anilines is 1. The van der Waals surface area contributed by atoms with Crippen LogP contribution in [-0.4, -0.2) is 30.2 Å². The summed E-state index contributed by atoms with van der Waals surface area (Å²) < 4.78 is 10.6. The van der Waals surface area contributed by atoms with Gasteiger partial charge >= 0.3 is 5.97 Å². The number of phenolic OH excluding ortho intramolecular Hbond substituents is 1. The number of hydrogen-bond donors (Lipinski definition) is 2. The van der Waals surface area contributed by atoms with Crippen LogP contribution in [0.1, 0.15) is 49.5 Å². The summed E-state index contributed by atoms with van der Waals surface area (Å²) in [4.78, 5) is 24.0. The summed E-state index contributed by atoms with van der Waals surface area (Å²) in [7, 11) is 0.